The molecule has 3 aromatic rings. The first kappa shape index (κ1) is 17.3. The minimum Gasteiger partial charge on any atom is -0.493 e. The molecule has 0 aliphatic carbocycles. The maximum atomic E-state index is 9.68. The van der Waals surface area contributed by atoms with Crippen LogP contribution in [0.15, 0.2) is 54.7 Å². The SMILES string of the molecule is CCOc1cc(-c2c(-c3ccccc3)cnc(N)c2C#N)ccc1OC. The second-order valence-electron chi connectivity index (χ2n) is 5.58. The van der Waals surface area contributed by atoms with E-state index in [2.05, 4.69) is 11.1 Å². The van der Waals surface area contributed by atoms with Gasteiger partial charge in [0.15, 0.2) is 11.5 Å². The molecular weight excluding hydrogens is 326 g/mol. The zero-order chi connectivity index (χ0) is 18.5. The summed E-state index contributed by atoms with van der Waals surface area (Å²) in [4.78, 5) is 4.20. The molecule has 0 aliphatic heterocycles. The zero-order valence-electron chi connectivity index (χ0n) is 14.7. The molecular formula is C21H19N3O2. The van der Waals surface area contributed by atoms with Crippen LogP contribution in [0.5, 0.6) is 11.5 Å². The van der Waals surface area contributed by atoms with Gasteiger partial charge in [-0.15, -0.1) is 0 Å². The molecule has 0 aliphatic rings. The van der Waals surface area contributed by atoms with Gasteiger partial charge in [0.25, 0.3) is 0 Å². The highest BCUT2D eigenvalue weighted by Crippen LogP contribution is 2.39. The number of anilines is 1. The summed E-state index contributed by atoms with van der Waals surface area (Å²) < 4.78 is 11.0. The molecule has 2 N–H and O–H groups in total. The van der Waals surface area contributed by atoms with E-state index in [9.17, 15) is 5.26 Å². The Morgan fingerprint density at radius 2 is 1.85 bits per heavy atom. The summed E-state index contributed by atoms with van der Waals surface area (Å²) in [6, 6.07) is 17.6. The summed E-state index contributed by atoms with van der Waals surface area (Å²) in [6.07, 6.45) is 1.70. The van der Waals surface area contributed by atoms with Gasteiger partial charge in [0.05, 0.1) is 13.7 Å². The molecule has 5 nitrogen and oxygen atoms in total. The maximum absolute atomic E-state index is 9.68. The first-order valence-corrected chi connectivity index (χ1v) is 8.24. The number of benzene rings is 2. The average molecular weight is 345 g/mol. The van der Waals surface area contributed by atoms with Gasteiger partial charge < -0.3 is 15.2 Å². The van der Waals surface area contributed by atoms with Crippen LogP contribution in [0.1, 0.15) is 12.5 Å². The fourth-order valence-electron chi connectivity index (χ4n) is 2.88. The van der Waals surface area contributed by atoms with E-state index >= 15 is 0 Å². The van der Waals surface area contributed by atoms with Crippen molar-refractivity contribution in [3.05, 3.63) is 60.3 Å². The number of hydrogen-bond acceptors (Lipinski definition) is 5. The van der Waals surface area contributed by atoms with Gasteiger partial charge in [-0.3, -0.25) is 0 Å². The van der Waals surface area contributed by atoms with Gasteiger partial charge in [-0.25, -0.2) is 4.98 Å². The molecule has 3 rings (SSSR count). The highest BCUT2D eigenvalue weighted by molar-refractivity contribution is 5.90. The maximum Gasteiger partial charge on any atom is 0.161 e. The van der Waals surface area contributed by atoms with Crippen molar-refractivity contribution in [2.75, 3.05) is 19.5 Å². The van der Waals surface area contributed by atoms with Crippen molar-refractivity contribution in [2.24, 2.45) is 0 Å². The number of rotatable bonds is 5. The van der Waals surface area contributed by atoms with E-state index in [1.165, 1.54) is 0 Å². The number of ether oxygens (including phenoxy) is 2. The van der Waals surface area contributed by atoms with E-state index in [0.717, 1.165) is 22.3 Å². The molecule has 0 amide bonds. The fourth-order valence-corrected chi connectivity index (χ4v) is 2.88. The van der Waals surface area contributed by atoms with Gasteiger partial charge in [0.1, 0.15) is 17.5 Å². The smallest absolute Gasteiger partial charge is 0.161 e. The number of pyridine rings is 1. The van der Waals surface area contributed by atoms with Crippen LogP contribution < -0.4 is 15.2 Å². The zero-order valence-corrected chi connectivity index (χ0v) is 14.7. The Labute approximate surface area is 152 Å². The standard InChI is InChI=1S/C21H19N3O2/c1-3-26-19-11-15(9-10-18(19)25-2)20-16(12-22)21(23)24-13-17(20)14-7-5-4-6-8-14/h4-11,13H,3H2,1-2H3,(H2,23,24). The van der Waals surface area contributed by atoms with E-state index in [1.807, 2.05) is 55.5 Å². The van der Waals surface area contributed by atoms with Crippen molar-refractivity contribution in [1.82, 2.24) is 4.98 Å². The molecule has 1 heterocycles. The van der Waals surface area contributed by atoms with Crippen LogP contribution in [0.25, 0.3) is 22.3 Å². The van der Waals surface area contributed by atoms with Gasteiger partial charge >= 0.3 is 0 Å². The molecule has 2 aromatic carbocycles. The summed E-state index contributed by atoms with van der Waals surface area (Å²) >= 11 is 0. The lowest BCUT2D eigenvalue weighted by Gasteiger charge is -2.16. The predicted molar refractivity (Wildman–Crippen MR) is 102 cm³/mol. The molecule has 0 saturated carbocycles. The summed E-state index contributed by atoms with van der Waals surface area (Å²) in [5, 5.41) is 9.68. The molecule has 0 radical (unpaired) electrons. The van der Waals surface area contributed by atoms with Crippen LogP contribution in [-0.2, 0) is 0 Å². The number of aromatic nitrogens is 1. The van der Waals surface area contributed by atoms with Crippen molar-refractivity contribution >= 4 is 5.82 Å². The normalized spacial score (nSPS) is 10.2. The first-order chi connectivity index (χ1) is 12.7. The molecule has 130 valence electrons. The molecule has 1 aromatic heterocycles. The van der Waals surface area contributed by atoms with Crippen LogP contribution in [0, 0.1) is 11.3 Å². The molecule has 0 atom stereocenters. The molecule has 0 spiro atoms. The van der Waals surface area contributed by atoms with Gasteiger partial charge in [-0.1, -0.05) is 36.4 Å². The molecule has 5 heteroatoms. The third-order valence-corrected chi connectivity index (χ3v) is 4.06. The van der Waals surface area contributed by atoms with Crippen LogP contribution in [0.4, 0.5) is 5.82 Å². The molecule has 0 unspecified atom stereocenters. The van der Waals surface area contributed by atoms with Crippen LogP contribution in [-0.4, -0.2) is 18.7 Å². The second kappa shape index (κ2) is 7.58. The summed E-state index contributed by atoms with van der Waals surface area (Å²) in [7, 11) is 1.60. The van der Waals surface area contributed by atoms with Crippen molar-refractivity contribution in [2.45, 2.75) is 6.92 Å². The summed E-state index contributed by atoms with van der Waals surface area (Å²) in [5.74, 6) is 1.46. The van der Waals surface area contributed by atoms with Gasteiger partial charge in [0, 0.05) is 17.3 Å². The summed E-state index contributed by atoms with van der Waals surface area (Å²) in [6.45, 7) is 2.42. The Kier molecular flexibility index (Phi) is 5.04. The van der Waals surface area contributed by atoms with Crippen molar-refractivity contribution in [3.8, 4) is 39.8 Å². The minimum absolute atomic E-state index is 0.205. The average Bonchev–Trinajstić information content (AvgIpc) is 2.68. The van der Waals surface area contributed by atoms with Gasteiger partial charge in [-0.2, -0.15) is 5.26 Å². The lowest BCUT2D eigenvalue weighted by Crippen LogP contribution is -2.01. The van der Waals surface area contributed by atoms with Gasteiger partial charge in [-0.05, 0) is 30.2 Å². The number of nitriles is 1. The Bertz CT molecular complexity index is 963. The number of nitrogens with two attached hydrogens (primary N) is 1. The topological polar surface area (TPSA) is 81.2 Å². The molecule has 0 bridgehead atoms. The Morgan fingerprint density at radius 1 is 1.08 bits per heavy atom. The quantitative estimate of drug-likeness (QED) is 0.746. The van der Waals surface area contributed by atoms with Gasteiger partial charge in [0.2, 0.25) is 0 Å². The van der Waals surface area contributed by atoms with Crippen LogP contribution in [0.2, 0.25) is 0 Å². The second-order valence-corrected chi connectivity index (χ2v) is 5.58. The number of methoxy groups -OCH3 is 1. The monoisotopic (exact) mass is 345 g/mol. The largest absolute Gasteiger partial charge is 0.493 e. The first-order valence-electron chi connectivity index (χ1n) is 8.24. The number of nitrogen functional groups attached to an aromatic ring is 1. The number of hydrogen-bond donors (Lipinski definition) is 1. The molecule has 0 fully saturated rings. The van der Waals surface area contributed by atoms with E-state index in [0.29, 0.717) is 23.7 Å². The Balaban J connectivity index is 2.29. The fraction of sp³-hybridized carbons (Fsp3) is 0.143. The van der Waals surface area contributed by atoms with Crippen molar-refractivity contribution in [1.29, 1.82) is 5.26 Å². The molecule has 0 saturated heterocycles. The minimum atomic E-state index is 0.205. The number of nitrogens with zero attached hydrogens (tertiary/aromatic N) is 2. The van der Waals surface area contributed by atoms with Crippen molar-refractivity contribution < 1.29 is 9.47 Å². The lowest BCUT2D eigenvalue weighted by molar-refractivity contribution is 0.311. The lowest BCUT2D eigenvalue weighted by atomic mass is 9.92. The van der Waals surface area contributed by atoms with E-state index in [1.54, 1.807) is 13.3 Å². The Morgan fingerprint density at radius 3 is 2.50 bits per heavy atom. The van der Waals surface area contributed by atoms with E-state index in [4.69, 9.17) is 15.2 Å². The Hall–Kier alpha value is -3.52. The summed E-state index contributed by atoms with van der Waals surface area (Å²) in [5.41, 5.74) is 9.67. The van der Waals surface area contributed by atoms with Crippen LogP contribution >= 0.6 is 0 Å². The van der Waals surface area contributed by atoms with Crippen molar-refractivity contribution in [3.63, 3.8) is 0 Å². The van der Waals surface area contributed by atoms with Crippen LogP contribution in [0.3, 0.4) is 0 Å². The van der Waals surface area contributed by atoms with E-state index < -0.39 is 0 Å². The highest BCUT2D eigenvalue weighted by Gasteiger charge is 2.18. The van der Waals surface area contributed by atoms with E-state index in [-0.39, 0.29) is 5.82 Å². The third kappa shape index (κ3) is 3.17. The highest BCUT2D eigenvalue weighted by atomic mass is 16.5. The third-order valence-electron chi connectivity index (χ3n) is 4.06. The predicted octanol–water partition coefficient (Wildman–Crippen LogP) is 4.28. The molecule has 26 heavy (non-hydrogen) atoms.